The molecule has 1 aromatic heterocycles. The molecule has 0 amide bonds. The van der Waals surface area contributed by atoms with E-state index in [1.807, 2.05) is 5.38 Å². The van der Waals surface area contributed by atoms with Gasteiger partial charge in [-0.2, -0.15) is 0 Å². The second-order valence-corrected chi connectivity index (χ2v) is 6.70. The van der Waals surface area contributed by atoms with Gasteiger partial charge in [0, 0.05) is 24.2 Å². The number of aromatic amines is 1. The fraction of sp³-hybridized carbons (Fsp3) is 0.438. The van der Waals surface area contributed by atoms with E-state index in [-0.39, 0.29) is 10.4 Å². The fourth-order valence-electron chi connectivity index (χ4n) is 3.02. The molecule has 1 aromatic carbocycles. The lowest BCUT2D eigenvalue weighted by Crippen LogP contribution is -2.46. The summed E-state index contributed by atoms with van der Waals surface area (Å²) < 4.78 is 0. The van der Waals surface area contributed by atoms with Crippen molar-refractivity contribution >= 4 is 11.3 Å². The molecule has 0 saturated carbocycles. The Morgan fingerprint density at radius 3 is 2.86 bits per heavy atom. The van der Waals surface area contributed by atoms with Crippen LogP contribution in [0.5, 0.6) is 0 Å². The lowest BCUT2D eigenvalue weighted by atomic mass is 9.91. The van der Waals surface area contributed by atoms with Gasteiger partial charge in [-0.3, -0.25) is 9.69 Å². The summed E-state index contributed by atoms with van der Waals surface area (Å²) >= 11 is 1.24. The lowest BCUT2D eigenvalue weighted by molar-refractivity contribution is 0.212. The monoisotopic (exact) mass is 303 g/mol. The van der Waals surface area contributed by atoms with Crippen LogP contribution >= 0.6 is 11.3 Å². The largest absolute Gasteiger partial charge is 0.315 e. The molecule has 0 aliphatic carbocycles. The van der Waals surface area contributed by atoms with Crippen molar-refractivity contribution < 1.29 is 0 Å². The van der Waals surface area contributed by atoms with Gasteiger partial charge in [-0.25, -0.2) is 0 Å². The maximum Gasteiger partial charge on any atom is 0.304 e. The van der Waals surface area contributed by atoms with E-state index in [4.69, 9.17) is 0 Å². The van der Waals surface area contributed by atoms with Gasteiger partial charge in [0.15, 0.2) is 0 Å². The second-order valence-electron chi connectivity index (χ2n) is 5.86. The predicted octanol–water partition coefficient (Wildman–Crippen LogP) is 2.15. The van der Waals surface area contributed by atoms with Crippen LogP contribution in [0.15, 0.2) is 40.5 Å². The summed E-state index contributed by atoms with van der Waals surface area (Å²) in [4.78, 5) is 16.6. The van der Waals surface area contributed by atoms with Crippen molar-refractivity contribution in [3.05, 3.63) is 56.6 Å². The molecule has 2 N–H and O–H groups in total. The van der Waals surface area contributed by atoms with Crippen molar-refractivity contribution in [2.24, 2.45) is 0 Å². The number of thiazole rings is 1. The Labute approximate surface area is 128 Å². The van der Waals surface area contributed by atoms with Crippen molar-refractivity contribution in [1.29, 1.82) is 0 Å². The molecule has 2 heterocycles. The number of nitrogens with zero attached hydrogens (tertiary/aromatic N) is 1. The van der Waals surface area contributed by atoms with Crippen molar-refractivity contribution in [2.75, 3.05) is 19.6 Å². The first-order valence-electron chi connectivity index (χ1n) is 7.35. The van der Waals surface area contributed by atoms with Crippen LogP contribution in [0.3, 0.4) is 0 Å². The first-order valence-corrected chi connectivity index (χ1v) is 8.23. The third-order valence-corrected chi connectivity index (χ3v) is 4.80. The zero-order valence-corrected chi connectivity index (χ0v) is 13.1. The number of rotatable bonds is 3. The third-order valence-electron chi connectivity index (χ3n) is 4.08. The molecule has 1 fully saturated rings. The van der Waals surface area contributed by atoms with E-state index < -0.39 is 0 Å². The quantitative estimate of drug-likeness (QED) is 0.913. The second kappa shape index (κ2) is 6.13. The molecule has 1 aliphatic heterocycles. The topological polar surface area (TPSA) is 48.1 Å². The number of hydrogen-bond acceptors (Lipinski definition) is 4. The van der Waals surface area contributed by atoms with Crippen molar-refractivity contribution in [2.45, 2.75) is 25.4 Å². The van der Waals surface area contributed by atoms with E-state index in [0.717, 1.165) is 38.3 Å². The predicted molar refractivity (Wildman–Crippen MR) is 86.6 cm³/mol. The van der Waals surface area contributed by atoms with E-state index in [2.05, 4.69) is 52.5 Å². The van der Waals surface area contributed by atoms with Crippen LogP contribution in [0.25, 0.3) is 0 Å². The smallest absolute Gasteiger partial charge is 0.304 e. The van der Waals surface area contributed by atoms with Crippen molar-refractivity contribution in [1.82, 2.24) is 15.2 Å². The van der Waals surface area contributed by atoms with Gasteiger partial charge in [-0.05, 0) is 32.0 Å². The van der Waals surface area contributed by atoms with Crippen LogP contribution in [0.1, 0.15) is 24.6 Å². The van der Waals surface area contributed by atoms with E-state index in [1.165, 1.54) is 16.9 Å². The number of nitrogens with one attached hydrogen (secondary N) is 2. The SMILES string of the molecule is CC1(c2ccccc2)CN(Cc2csc(=O)[nH]2)CCCN1. The van der Waals surface area contributed by atoms with Gasteiger partial charge in [-0.1, -0.05) is 41.7 Å². The van der Waals surface area contributed by atoms with E-state index in [9.17, 15) is 4.79 Å². The summed E-state index contributed by atoms with van der Waals surface area (Å²) in [5, 5.41) is 5.62. The Balaban J connectivity index is 1.78. The van der Waals surface area contributed by atoms with Gasteiger partial charge in [0.05, 0.1) is 5.54 Å². The highest BCUT2D eigenvalue weighted by Crippen LogP contribution is 2.24. The minimum absolute atomic E-state index is 0.0313. The Bertz CT molecular complexity index is 636. The number of aromatic nitrogens is 1. The number of H-pyrrole nitrogens is 1. The van der Waals surface area contributed by atoms with Gasteiger partial charge in [-0.15, -0.1) is 0 Å². The molecular formula is C16H21N3OS. The molecule has 2 aromatic rings. The van der Waals surface area contributed by atoms with Crippen LogP contribution in [-0.4, -0.2) is 29.5 Å². The maximum absolute atomic E-state index is 11.3. The van der Waals surface area contributed by atoms with Gasteiger partial charge in [0.2, 0.25) is 0 Å². The lowest BCUT2D eigenvalue weighted by Gasteiger charge is -2.34. The van der Waals surface area contributed by atoms with Gasteiger partial charge in [0.25, 0.3) is 0 Å². The van der Waals surface area contributed by atoms with Crippen LogP contribution < -0.4 is 10.2 Å². The molecular weight excluding hydrogens is 282 g/mol. The zero-order valence-electron chi connectivity index (χ0n) is 12.3. The van der Waals surface area contributed by atoms with Crippen LogP contribution in [0.2, 0.25) is 0 Å². The summed E-state index contributed by atoms with van der Waals surface area (Å²) in [7, 11) is 0. The van der Waals surface area contributed by atoms with Crippen molar-refractivity contribution in [3.63, 3.8) is 0 Å². The molecule has 112 valence electrons. The summed E-state index contributed by atoms with van der Waals surface area (Å²) in [6, 6.07) is 10.6. The average Bonchev–Trinajstić information content (AvgIpc) is 2.79. The molecule has 1 aliphatic rings. The third kappa shape index (κ3) is 3.43. The molecule has 4 nitrogen and oxygen atoms in total. The highest BCUT2D eigenvalue weighted by atomic mass is 32.1. The average molecular weight is 303 g/mol. The zero-order chi connectivity index (χ0) is 14.7. The number of benzene rings is 1. The summed E-state index contributed by atoms with van der Waals surface area (Å²) in [5.74, 6) is 0. The highest BCUT2D eigenvalue weighted by Gasteiger charge is 2.30. The Hall–Kier alpha value is -1.43. The molecule has 0 radical (unpaired) electrons. The van der Waals surface area contributed by atoms with Crippen LogP contribution in [0.4, 0.5) is 0 Å². The minimum atomic E-state index is -0.0475. The molecule has 0 bridgehead atoms. The minimum Gasteiger partial charge on any atom is -0.315 e. The van der Waals surface area contributed by atoms with Gasteiger partial charge >= 0.3 is 4.87 Å². The van der Waals surface area contributed by atoms with E-state index >= 15 is 0 Å². The Kier molecular flexibility index (Phi) is 4.24. The number of hydrogen-bond donors (Lipinski definition) is 2. The molecule has 1 atom stereocenters. The van der Waals surface area contributed by atoms with Gasteiger partial charge < -0.3 is 10.3 Å². The van der Waals surface area contributed by atoms with Crippen LogP contribution in [-0.2, 0) is 12.1 Å². The fourth-order valence-corrected chi connectivity index (χ4v) is 3.59. The normalized spacial score (nSPS) is 23.9. The standard InChI is InChI=1S/C16H21N3OS/c1-16(13-6-3-2-4-7-13)12-19(9-5-8-17-16)10-14-11-21-15(20)18-14/h2-4,6-7,11,17H,5,8-10,12H2,1H3,(H,18,20). The first-order chi connectivity index (χ1) is 10.2. The summed E-state index contributed by atoms with van der Waals surface area (Å²) in [5.41, 5.74) is 2.28. The van der Waals surface area contributed by atoms with Crippen molar-refractivity contribution in [3.8, 4) is 0 Å². The molecule has 3 rings (SSSR count). The molecule has 5 heteroatoms. The molecule has 1 saturated heterocycles. The summed E-state index contributed by atoms with van der Waals surface area (Å²) in [6.07, 6.45) is 1.12. The Morgan fingerprint density at radius 2 is 2.14 bits per heavy atom. The van der Waals surface area contributed by atoms with E-state index in [0.29, 0.717) is 0 Å². The van der Waals surface area contributed by atoms with Gasteiger partial charge in [0.1, 0.15) is 0 Å². The van der Waals surface area contributed by atoms with Crippen LogP contribution in [0, 0.1) is 0 Å². The first kappa shape index (κ1) is 14.5. The summed E-state index contributed by atoms with van der Waals surface area (Å²) in [6.45, 7) is 6.07. The highest BCUT2D eigenvalue weighted by molar-refractivity contribution is 7.07. The van der Waals surface area contributed by atoms with E-state index in [1.54, 1.807) is 0 Å². The maximum atomic E-state index is 11.3. The molecule has 1 unspecified atom stereocenters. The molecule has 0 spiro atoms. The molecule has 21 heavy (non-hydrogen) atoms. The Morgan fingerprint density at radius 1 is 1.33 bits per heavy atom.